The van der Waals surface area contributed by atoms with E-state index in [1.54, 1.807) is 12.1 Å². The first-order valence-electron chi connectivity index (χ1n) is 6.37. The fraction of sp³-hybridized carbons (Fsp3) is 0.500. The van der Waals surface area contributed by atoms with E-state index in [4.69, 9.17) is 21.6 Å². The molecule has 0 aliphatic carbocycles. The van der Waals surface area contributed by atoms with Gasteiger partial charge < -0.3 is 10.1 Å². The van der Waals surface area contributed by atoms with Crippen LogP contribution in [0.5, 0.6) is 5.75 Å². The summed E-state index contributed by atoms with van der Waals surface area (Å²) in [5, 5.41) is 12.9. The van der Waals surface area contributed by atoms with E-state index in [9.17, 15) is 0 Å². The quantitative estimate of drug-likeness (QED) is 0.891. The predicted molar refractivity (Wildman–Crippen MR) is 69.8 cm³/mol. The fourth-order valence-electron chi connectivity index (χ4n) is 2.95. The molecule has 18 heavy (non-hydrogen) atoms. The molecule has 0 radical (unpaired) electrons. The van der Waals surface area contributed by atoms with Gasteiger partial charge in [-0.25, -0.2) is 0 Å². The third-order valence-corrected chi connectivity index (χ3v) is 4.11. The van der Waals surface area contributed by atoms with E-state index in [-0.39, 0.29) is 6.10 Å². The minimum Gasteiger partial charge on any atom is -0.490 e. The summed E-state index contributed by atoms with van der Waals surface area (Å²) >= 11 is 6.00. The summed E-state index contributed by atoms with van der Waals surface area (Å²) < 4.78 is 5.98. The largest absolute Gasteiger partial charge is 0.490 e. The third-order valence-electron chi connectivity index (χ3n) is 3.79. The zero-order valence-electron chi connectivity index (χ0n) is 10.0. The summed E-state index contributed by atoms with van der Waals surface area (Å²) in [6, 6.07) is 8.56. The molecular weight excluding hydrogens is 248 g/mol. The number of fused-ring (bicyclic) bond motifs is 2. The van der Waals surface area contributed by atoms with Crippen LogP contribution < -0.4 is 10.1 Å². The highest BCUT2D eigenvalue weighted by Gasteiger charge is 2.34. The molecule has 4 heteroatoms. The van der Waals surface area contributed by atoms with Crippen molar-refractivity contribution < 1.29 is 4.74 Å². The number of nitriles is 1. The molecule has 0 spiro atoms. The molecule has 2 heterocycles. The summed E-state index contributed by atoms with van der Waals surface area (Å²) in [7, 11) is 0. The van der Waals surface area contributed by atoms with Gasteiger partial charge in [-0.15, -0.1) is 0 Å². The smallest absolute Gasteiger partial charge is 0.121 e. The highest BCUT2D eigenvalue weighted by atomic mass is 35.5. The second-order valence-corrected chi connectivity index (χ2v) is 5.51. The van der Waals surface area contributed by atoms with Crippen molar-refractivity contribution in [1.82, 2.24) is 5.32 Å². The Kier molecular flexibility index (Phi) is 3.15. The number of benzene rings is 1. The van der Waals surface area contributed by atoms with E-state index < -0.39 is 0 Å². The van der Waals surface area contributed by atoms with Crippen molar-refractivity contribution in [1.29, 1.82) is 5.26 Å². The van der Waals surface area contributed by atoms with Gasteiger partial charge in [-0.05, 0) is 37.8 Å². The SMILES string of the molecule is N#Cc1ccc(O[C@H]2C[C@H]3CC[C@@H](C2)N3)cc1Cl. The summed E-state index contributed by atoms with van der Waals surface area (Å²) in [4.78, 5) is 0. The molecule has 94 valence electrons. The van der Waals surface area contributed by atoms with Gasteiger partial charge in [-0.2, -0.15) is 5.26 Å². The zero-order chi connectivity index (χ0) is 12.5. The number of ether oxygens (including phenoxy) is 1. The van der Waals surface area contributed by atoms with Crippen LogP contribution in [0.15, 0.2) is 18.2 Å². The molecule has 1 aromatic rings. The van der Waals surface area contributed by atoms with E-state index in [1.165, 1.54) is 12.8 Å². The van der Waals surface area contributed by atoms with E-state index in [2.05, 4.69) is 11.4 Å². The Hall–Kier alpha value is -1.24. The summed E-state index contributed by atoms with van der Waals surface area (Å²) in [6.07, 6.45) is 4.92. The van der Waals surface area contributed by atoms with Crippen molar-refractivity contribution in [3.8, 4) is 11.8 Å². The van der Waals surface area contributed by atoms with Crippen molar-refractivity contribution in [2.24, 2.45) is 0 Å². The van der Waals surface area contributed by atoms with Gasteiger partial charge in [-0.1, -0.05) is 11.6 Å². The van der Waals surface area contributed by atoms with Gasteiger partial charge in [0.05, 0.1) is 10.6 Å². The Bertz CT molecular complexity index is 485. The summed E-state index contributed by atoms with van der Waals surface area (Å²) in [5.41, 5.74) is 0.495. The number of nitrogens with one attached hydrogen (secondary N) is 1. The second-order valence-electron chi connectivity index (χ2n) is 5.10. The van der Waals surface area contributed by atoms with Crippen LogP contribution in [0, 0.1) is 11.3 Å². The van der Waals surface area contributed by atoms with Crippen LogP contribution >= 0.6 is 11.6 Å². The Labute approximate surface area is 112 Å². The molecule has 0 unspecified atom stereocenters. The monoisotopic (exact) mass is 262 g/mol. The van der Waals surface area contributed by atoms with E-state index in [1.807, 2.05) is 6.07 Å². The molecule has 2 saturated heterocycles. The first-order valence-corrected chi connectivity index (χ1v) is 6.75. The molecule has 0 aromatic heterocycles. The number of halogens is 1. The maximum Gasteiger partial charge on any atom is 0.121 e. The van der Waals surface area contributed by atoms with Gasteiger partial charge in [0, 0.05) is 18.2 Å². The van der Waals surface area contributed by atoms with E-state index >= 15 is 0 Å². The molecule has 2 aliphatic heterocycles. The van der Waals surface area contributed by atoms with Crippen molar-refractivity contribution in [2.45, 2.75) is 43.9 Å². The highest BCUT2D eigenvalue weighted by Crippen LogP contribution is 2.30. The first kappa shape index (κ1) is 11.8. The Morgan fingerprint density at radius 3 is 2.61 bits per heavy atom. The topological polar surface area (TPSA) is 45.0 Å². The Morgan fingerprint density at radius 2 is 2.00 bits per heavy atom. The number of nitrogens with zero attached hydrogens (tertiary/aromatic N) is 1. The maximum atomic E-state index is 8.82. The average molecular weight is 263 g/mol. The Balaban J connectivity index is 1.69. The highest BCUT2D eigenvalue weighted by molar-refractivity contribution is 6.31. The molecule has 0 amide bonds. The number of piperidine rings is 1. The van der Waals surface area contributed by atoms with Gasteiger partial charge in [0.15, 0.2) is 0 Å². The fourth-order valence-corrected chi connectivity index (χ4v) is 3.17. The summed E-state index contributed by atoms with van der Waals surface area (Å²) in [6.45, 7) is 0. The second kappa shape index (κ2) is 4.79. The molecule has 3 nitrogen and oxygen atoms in total. The molecule has 2 bridgehead atoms. The van der Waals surface area contributed by atoms with Gasteiger partial charge in [0.25, 0.3) is 0 Å². The first-order chi connectivity index (χ1) is 8.74. The van der Waals surface area contributed by atoms with Gasteiger partial charge in [0.2, 0.25) is 0 Å². The lowest BCUT2D eigenvalue weighted by Crippen LogP contribution is -2.42. The molecule has 1 N–H and O–H groups in total. The minimum atomic E-state index is 0.271. The van der Waals surface area contributed by atoms with E-state index in [0.717, 1.165) is 18.6 Å². The van der Waals surface area contributed by atoms with Crippen LogP contribution in [-0.2, 0) is 0 Å². The molecule has 1 aromatic carbocycles. The van der Waals surface area contributed by atoms with Crippen molar-refractivity contribution >= 4 is 11.6 Å². The predicted octanol–water partition coefficient (Wildman–Crippen LogP) is 2.87. The molecule has 2 fully saturated rings. The van der Waals surface area contributed by atoms with Crippen molar-refractivity contribution in [3.63, 3.8) is 0 Å². The van der Waals surface area contributed by atoms with Gasteiger partial charge in [0.1, 0.15) is 17.9 Å². The lowest BCUT2D eigenvalue weighted by atomic mass is 10.0. The van der Waals surface area contributed by atoms with Crippen LogP contribution in [0.1, 0.15) is 31.2 Å². The normalized spacial score (nSPS) is 29.9. The summed E-state index contributed by atoms with van der Waals surface area (Å²) in [5.74, 6) is 0.769. The van der Waals surface area contributed by atoms with Crippen molar-refractivity contribution in [3.05, 3.63) is 28.8 Å². The maximum absolute atomic E-state index is 8.82. The van der Waals surface area contributed by atoms with Crippen molar-refractivity contribution in [2.75, 3.05) is 0 Å². The van der Waals surface area contributed by atoms with Crippen LogP contribution in [0.2, 0.25) is 5.02 Å². The molecule has 2 aliphatic rings. The molecular formula is C14H15ClN2O. The molecule has 3 atom stereocenters. The average Bonchev–Trinajstić information content (AvgIpc) is 2.69. The van der Waals surface area contributed by atoms with Crippen LogP contribution in [0.3, 0.4) is 0 Å². The zero-order valence-corrected chi connectivity index (χ0v) is 10.8. The lowest BCUT2D eigenvalue weighted by molar-refractivity contribution is 0.137. The number of hydrogen-bond donors (Lipinski definition) is 1. The van der Waals surface area contributed by atoms with Gasteiger partial charge >= 0.3 is 0 Å². The number of hydrogen-bond acceptors (Lipinski definition) is 3. The van der Waals surface area contributed by atoms with Crippen LogP contribution in [0.4, 0.5) is 0 Å². The van der Waals surface area contributed by atoms with Gasteiger partial charge in [-0.3, -0.25) is 0 Å². The lowest BCUT2D eigenvalue weighted by Gasteiger charge is -2.29. The van der Waals surface area contributed by atoms with E-state index in [0.29, 0.717) is 22.7 Å². The molecule has 0 saturated carbocycles. The standard InChI is InChI=1S/C14H15ClN2O/c15-14-7-12(4-1-9(14)8-16)18-13-5-10-2-3-11(6-13)17-10/h1,4,7,10-11,13,17H,2-3,5-6H2/t10-,11+,13+. The Morgan fingerprint density at radius 1 is 1.28 bits per heavy atom. The van der Waals surface area contributed by atoms with Crippen LogP contribution in [-0.4, -0.2) is 18.2 Å². The minimum absolute atomic E-state index is 0.271. The molecule has 3 rings (SSSR count). The number of rotatable bonds is 2. The van der Waals surface area contributed by atoms with Crippen LogP contribution in [0.25, 0.3) is 0 Å². The third kappa shape index (κ3) is 2.31.